The Bertz CT molecular complexity index is 1110. The molecule has 2 aromatic carbocycles. The van der Waals surface area contributed by atoms with Gasteiger partial charge in [-0.2, -0.15) is 4.80 Å². The van der Waals surface area contributed by atoms with Crippen molar-refractivity contribution >= 4 is 17.5 Å². The van der Waals surface area contributed by atoms with Crippen LogP contribution in [0.3, 0.4) is 0 Å². The Kier molecular flexibility index (Phi) is 6.14. The predicted octanol–water partition coefficient (Wildman–Crippen LogP) is 2.60. The van der Waals surface area contributed by atoms with Crippen LogP contribution in [0, 0.1) is 0 Å². The van der Waals surface area contributed by atoms with Crippen molar-refractivity contribution in [2.45, 2.75) is 19.5 Å². The van der Waals surface area contributed by atoms with Gasteiger partial charge in [-0.1, -0.05) is 41.9 Å². The second-order valence-corrected chi connectivity index (χ2v) is 7.14. The maximum Gasteiger partial charge on any atom is 0.243 e. The third kappa shape index (κ3) is 5.09. The van der Waals surface area contributed by atoms with Crippen LogP contribution in [0.1, 0.15) is 11.4 Å². The molecule has 0 aliphatic heterocycles. The van der Waals surface area contributed by atoms with Gasteiger partial charge < -0.3 is 9.88 Å². The Balaban J connectivity index is 1.27. The van der Waals surface area contributed by atoms with Crippen LogP contribution < -0.4 is 5.32 Å². The van der Waals surface area contributed by atoms with Crippen LogP contribution in [-0.2, 0) is 24.3 Å². The van der Waals surface area contributed by atoms with Crippen LogP contribution in [0.25, 0.3) is 11.4 Å². The van der Waals surface area contributed by atoms with Gasteiger partial charge in [0.05, 0.1) is 0 Å². The number of nitrogens with zero attached hydrogens (tertiary/aromatic N) is 6. The first-order valence-electron chi connectivity index (χ1n) is 9.52. The van der Waals surface area contributed by atoms with Gasteiger partial charge in [-0.25, -0.2) is 4.98 Å². The van der Waals surface area contributed by atoms with E-state index in [1.54, 1.807) is 30.5 Å². The maximum atomic E-state index is 12.2. The fourth-order valence-electron chi connectivity index (χ4n) is 3.02. The summed E-state index contributed by atoms with van der Waals surface area (Å²) in [4.78, 5) is 17.9. The van der Waals surface area contributed by atoms with E-state index in [0.29, 0.717) is 23.8 Å². The molecule has 4 aromatic rings. The minimum atomic E-state index is -0.184. The molecule has 0 aliphatic rings. The molecule has 0 atom stereocenters. The molecule has 0 radical (unpaired) electrons. The third-order valence-electron chi connectivity index (χ3n) is 4.51. The molecular formula is C21H20ClN7O. The van der Waals surface area contributed by atoms with Gasteiger partial charge in [0, 0.05) is 42.5 Å². The van der Waals surface area contributed by atoms with Crippen LogP contribution in [0.2, 0.25) is 5.02 Å². The Morgan fingerprint density at radius 2 is 1.87 bits per heavy atom. The van der Waals surface area contributed by atoms with Crippen LogP contribution in [0.4, 0.5) is 0 Å². The third-order valence-corrected chi connectivity index (χ3v) is 4.76. The van der Waals surface area contributed by atoms with Crippen molar-refractivity contribution in [2.75, 3.05) is 6.54 Å². The average molecular weight is 422 g/mol. The zero-order valence-corrected chi connectivity index (χ0v) is 16.9. The molecule has 1 N–H and O–H groups in total. The minimum Gasteiger partial charge on any atom is -0.354 e. The number of amides is 1. The molecule has 0 saturated heterocycles. The fourth-order valence-corrected chi connectivity index (χ4v) is 3.14. The van der Waals surface area contributed by atoms with E-state index in [9.17, 15) is 4.79 Å². The number of nitrogens with one attached hydrogen (secondary N) is 1. The van der Waals surface area contributed by atoms with Gasteiger partial charge in [0.2, 0.25) is 11.7 Å². The van der Waals surface area contributed by atoms with Gasteiger partial charge in [-0.05, 0) is 35.0 Å². The maximum absolute atomic E-state index is 12.2. The van der Waals surface area contributed by atoms with Crippen LogP contribution in [0.15, 0.2) is 67.0 Å². The minimum absolute atomic E-state index is 0.000947. The molecule has 0 spiro atoms. The summed E-state index contributed by atoms with van der Waals surface area (Å²) in [6.45, 7) is 1.23. The number of hydrogen-bond donors (Lipinski definition) is 1. The largest absolute Gasteiger partial charge is 0.354 e. The van der Waals surface area contributed by atoms with E-state index in [4.69, 9.17) is 11.6 Å². The van der Waals surface area contributed by atoms with Gasteiger partial charge >= 0.3 is 0 Å². The number of aromatic nitrogens is 6. The van der Waals surface area contributed by atoms with E-state index in [1.165, 1.54) is 10.4 Å². The topological polar surface area (TPSA) is 90.5 Å². The molecule has 8 nitrogen and oxygen atoms in total. The Morgan fingerprint density at radius 3 is 2.67 bits per heavy atom. The molecular weight excluding hydrogens is 402 g/mol. The van der Waals surface area contributed by atoms with E-state index in [1.807, 2.05) is 24.4 Å². The zero-order valence-electron chi connectivity index (χ0n) is 16.1. The first kappa shape index (κ1) is 19.8. The molecule has 4 rings (SSSR count). The quantitative estimate of drug-likeness (QED) is 0.472. The lowest BCUT2D eigenvalue weighted by Crippen LogP contribution is -2.30. The number of benzene rings is 2. The molecule has 152 valence electrons. The highest BCUT2D eigenvalue weighted by molar-refractivity contribution is 6.30. The number of imidazole rings is 1. The average Bonchev–Trinajstić information content (AvgIpc) is 3.39. The predicted molar refractivity (Wildman–Crippen MR) is 113 cm³/mol. The van der Waals surface area contributed by atoms with Crippen molar-refractivity contribution in [3.63, 3.8) is 0 Å². The molecule has 0 saturated carbocycles. The molecule has 0 aliphatic carbocycles. The summed E-state index contributed by atoms with van der Waals surface area (Å²) >= 11 is 5.89. The van der Waals surface area contributed by atoms with E-state index in [-0.39, 0.29) is 12.5 Å². The second-order valence-electron chi connectivity index (χ2n) is 6.71. The summed E-state index contributed by atoms with van der Waals surface area (Å²) in [7, 11) is 0. The number of rotatable bonds is 8. The SMILES string of the molecule is O=C(Cn1nnc(-c2ccc(Cl)cc2)n1)NCCc1nccn1Cc1ccccc1. The monoisotopic (exact) mass is 421 g/mol. The summed E-state index contributed by atoms with van der Waals surface area (Å²) < 4.78 is 2.08. The van der Waals surface area contributed by atoms with Crippen molar-refractivity contribution in [2.24, 2.45) is 0 Å². The van der Waals surface area contributed by atoms with E-state index in [2.05, 4.69) is 42.4 Å². The molecule has 0 bridgehead atoms. The standard InChI is InChI=1S/C21H20ClN7O/c22-18-8-6-17(7-9-18)21-25-27-29(26-21)15-20(30)24-11-10-19-23-12-13-28(19)14-16-4-2-1-3-5-16/h1-9,12-13H,10-11,14-15H2,(H,24,30). The van der Waals surface area contributed by atoms with Crippen molar-refractivity contribution < 1.29 is 4.79 Å². The van der Waals surface area contributed by atoms with Gasteiger partial charge in [-0.15, -0.1) is 10.2 Å². The first-order chi connectivity index (χ1) is 14.7. The van der Waals surface area contributed by atoms with E-state index in [0.717, 1.165) is 17.9 Å². The van der Waals surface area contributed by atoms with Crippen LogP contribution in [-0.4, -0.2) is 42.2 Å². The molecule has 1 amide bonds. The van der Waals surface area contributed by atoms with Gasteiger partial charge in [0.15, 0.2) is 0 Å². The number of hydrogen-bond acceptors (Lipinski definition) is 5. The number of carbonyl (C=O) groups is 1. The molecule has 2 aromatic heterocycles. The van der Waals surface area contributed by atoms with Crippen LogP contribution in [0.5, 0.6) is 0 Å². The second kappa shape index (κ2) is 9.32. The zero-order chi connectivity index (χ0) is 20.8. The highest BCUT2D eigenvalue weighted by atomic mass is 35.5. The molecule has 9 heteroatoms. The molecule has 30 heavy (non-hydrogen) atoms. The highest BCUT2D eigenvalue weighted by Gasteiger charge is 2.10. The van der Waals surface area contributed by atoms with Crippen molar-refractivity contribution in [1.82, 2.24) is 35.1 Å². The lowest BCUT2D eigenvalue weighted by molar-refractivity contribution is -0.122. The lowest BCUT2D eigenvalue weighted by atomic mass is 10.2. The Morgan fingerprint density at radius 1 is 1.07 bits per heavy atom. The van der Waals surface area contributed by atoms with Crippen molar-refractivity contribution in [3.05, 3.63) is 83.4 Å². The lowest BCUT2D eigenvalue weighted by Gasteiger charge is -2.09. The van der Waals surface area contributed by atoms with Gasteiger partial charge in [-0.3, -0.25) is 4.79 Å². The van der Waals surface area contributed by atoms with Crippen molar-refractivity contribution in [1.29, 1.82) is 0 Å². The summed E-state index contributed by atoms with van der Waals surface area (Å²) in [5.74, 6) is 1.18. The Hall–Kier alpha value is -3.52. The van der Waals surface area contributed by atoms with Crippen LogP contribution >= 0.6 is 11.6 Å². The number of halogens is 1. The van der Waals surface area contributed by atoms with E-state index >= 15 is 0 Å². The highest BCUT2D eigenvalue weighted by Crippen LogP contribution is 2.16. The smallest absolute Gasteiger partial charge is 0.243 e. The normalized spacial score (nSPS) is 10.8. The van der Waals surface area contributed by atoms with Gasteiger partial charge in [0.25, 0.3) is 0 Å². The molecule has 2 heterocycles. The Labute approximate surface area is 178 Å². The number of tetrazole rings is 1. The van der Waals surface area contributed by atoms with Gasteiger partial charge in [0.1, 0.15) is 12.4 Å². The summed E-state index contributed by atoms with van der Waals surface area (Å²) in [5, 5.41) is 15.7. The summed E-state index contributed by atoms with van der Waals surface area (Å²) in [6.07, 6.45) is 4.35. The van der Waals surface area contributed by atoms with E-state index < -0.39 is 0 Å². The molecule has 0 fully saturated rings. The fraction of sp³-hybridized carbons (Fsp3) is 0.190. The van der Waals surface area contributed by atoms with Crippen molar-refractivity contribution in [3.8, 4) is 11.4 Å². The summed E-state index contributed by atoms with van der Waals surface area (Å²) in [6, 6.07) is 17.3. The molecule has 0 unspecified atom stereocenters. The number of carbonyl (C=O) groups excluding carboxylic acids is 1. The summed E-state index contributed by atoms with van der Waals surface area (Å²) in [5.41, 5.74) is 1.99. The first-order valence-corrected chi connectivity index (χ1v) is 9.89.